The van der Waals surface area contributed by atoms with Crippen LogP contribution in [-0.2, 0) is 27.5 Å². The predicted molar refractivity (Wildman–Crippen MR) is 108 cm³/mol. The summed E-state index contributed by atoms with van der Waals surface area (Å²) in [4.78, 5) is 37.9. The summed E-state index contributed by atoms with van der Waals surface area (Å²) in [5, 5.41) is 3.59. The van der Waals surface area contributed by atoms with Crippen molar-refractivity contribution in [1.82, 2.24) is 9.78 Å². The van der Waals surface area contributed by atoms with E-state index in [1.54, 1.807) is 0 Å². The third-order valence-corrected chi connectivity index (χ3v) is 4.94. The van der Waals surface area contributed by atoms with Crippen molar-refractivity contribution in [3.8, 4) is 17.0 Å². The van der Waals surface area contributed by atoms with Gasteiger partial charge in [0.15, 0.2) is 6.61 Å². The molecular formula is C21H21F4N3O5. The average Bonchev–Trinajstić information content (AvgIpc) is 2.74. The summed E-state index contributed by atoms with van der Waals surface area (Å²) in [5.74, 6) is -2.37. The lowest BCUT2D eigenvalue weighted by Crippen LogP contribution is -2.42. The molecule has 0 atom stereocenters. The van der Waals surface area contributed by atoms with Crippen molar-refractivity contribution in [2.45, 2.75) is 32.4 Å². The molecule has 1 amide bonds. The third-order valence-electron chi connectivity index (χ3n) is 4.94. The molecule has 0 aliphatic carbocycles. The lowest BCUT2D eigenvalue weighted by atomic mass is 10.1. The Hall–Kier alpha value is -3.44. The molecule has 1 aromatic heterocycles. The standard InChI is InChI=1S/C21H21F4N3O5/c1-3-4-5-6-32-19(31)10-28-14-7-12(13(22)8-16(14)33-11-18(28)30)20-15(29)9-17(21(23,24)25)27(2)26-20/h7-9H,3-6,10-11H2,1-2H3. The molecule has 3 rings (SSSR count). The van der Waals surface area contributed by atoms with E-state index in [9.17, 15) is 31.9 Å². The molecule has 178 valence electrons. The van der Waals surface area contributed by atoms with Crippen LogP contribution in [0.15, 0.2) is 23.0 Å². The monoisotopic (exact) mass is 471 g/mol. The van der Waals surface area contributed by atoms with Gasteiger partial charge in [-0.25, -0.2) is 4.39 Å². The smallest absolute Gasteiger partial charge is 0.433 e. The number of aromatic nitrogens is 2. The summed E-state index contributed by atoms with van der Waals surface area (Å²) >= 11 is 0. The van der Waals surface area contributed by atoms with E-state index in [1.807, 2.05) is 6.92 Å². The van der Waals surface area contributed by atoms with Gasteiger partial charge in [-0.2, -0.15) is 18.3 Å². The average molecular weight is 471 g/mol. The van der Waals surface area contributed by atoms with Crippen molar-refractivity contribution in [1.29, 1.82) is 0 Å². The molecule has 0 N–H and O–H groups in total. The fourth-order valence-electron chi connectivity index (χ4n) is 3.28. The second kappa shape index (κ2) is 9.59. The summed E-state index contributed by atoms with van der Waals surface area (Å²) in [6, 6.07) is 2.24. The molecule has 0 radical (unpaired) electrons. The second-order valence-electron chi connectivity index (χ2n) is 7.36. The number of carbonyl (C=O) groups is 2. The highest BCUT2D eigenvalue weighted by Crippen LogP contribution is 2.37. The number of ether oxygens (including phenoxy) is 2. The van der Waals surface area contributed by atoms with Gasteiger partial charge in [0.1, 0.15) is 29.5 Å². The first-order valence-electron chi connectivity index (χ1n) is 10.1. The first kappa shape index (κ1) is 24.2. The van der Waals surface area contributed by atoms with Gasteiger partial charge in [-0.1, -0.05) is 19.8 Å². The van der Waals surface area contributed by atoms with Crippen molar-refractivity contribution >= 4 is 17.6 Å². The van der Waals surface area contributed by atoms with Crippen molar-refractivity contribution in [2.75, 3.05) is 24.7 Å². The Labute approximate surface area is 185 Å². The number of hydrogen-bond acceptors (Lipinski definition) is 6. The molecule has 1 aromatic carbocycles. The molecule has 33 heavy (non-hydrogen) atoms. The molecule has 12 heteroatoms. The molecule has 0 bridgehead atoms. The van der Waals surface area contributed by atoms with Crippen LogP contribution in [0.3, 0.4) is 0 Å². The van der Waals surface area contributed by atoms with Crippen LogP contribution < -0.4 is 15.1 Å². The van der Waals surface area contributed by atoms with Gasteiger partial charge in [0.25, 0.3) is 5.91 Å². The predicted octanol–water partition coefficient (Wildman–Crippen LogP) is 3.06. The third kappa shape index (κ3) is 5.32. The summed E-state index contributed by atoms with van der Waals surface area (Å²) < 4.78 is 64.6. The Morgan fingerprint density at radius 3 is 2.61 bits per heavy atom. The van der Waals surface area contributed by atoms with Crippen LogP contribution in [0.4, 0.5) is 23.2 Å². The lowest BCUT2D eigenvalue weighted by molar-refractivity contribution is -0.144. The molecule has 0 spiro atoms. The molecular weight excluding hydrogens is 450 g/mol. The highest BCUT2D eigenvalue weighted by atomic mass is 19.4. The van der Waals surface area contributed by atoms with E-state index in [-0.39, 0.29) is 18.0 Å². The number of unbranched alkanes of at least 4 members (excludes halogenated alkanes) is 2. The highest BCUT2D eigenvalue weighted by molar-refractivity contribution is 6.02. The van der Waals surface area contributed by atoms with Crippen molar-refractivity contribution in [2.24, 2.45) is 7.05 Å². The maximum atomic E-state index is 14.7. The summed E-state index contributed by atoms with van der Waals surface area (Å²) in [6.07, 6.45) is -2.38. The van der Waals surface area contributed by atoms with Crippen molar-refractivity contribution in [3.63, 3.8) is 0 Å². The lowest BCUT2D eigenvalue weighted by Gasteiger charge is -2.29. The van der Waals surface area contributed by atoms with Crippen LogP contribution in [-0.4, -0.2) is 41.4 Å². The zero-order valence-corrected chi connectivity index (χ0v) is 17.9. The summed E-state index contributed by atoms with van der Waals surface area (Å²) in [5.41, 5.74) is -3.53. The number of benzene rings is 1. The van der Waals surface area contributed by atoms with Gasteiger partial charge in [-0.05, 0) is 12.5 Å². The number of anilines is 1. The highest BCUT2D eigenvalue weighted by Gasteiger charge is 2.35. The maximum Gasteiger partial charge on any atom is 0.433 e. The van der Waals surface area contributed by atoms with E-state index in [1.165, 1.54) is 0 Å². The molecule has 1 aliphatic rings. The number of halogens is 4. The Kier molecular flexibility index (Phi) is 7.04. The normalized spacial score (nSPS) is 13.5. The van der Waals surface area contributed by atoms with Crippen LogP contribution in [0, 0.1) is 5.82 Å². The first-order valence-corrected chi connectivity index (χ1v) is 10.1. The van der Waals surface area contributed by atoms with Crippen LogP contribution in [0.1, 0.15) is 31.9 Å². The quantitative estimate of drug-likeness (QED) is 0.350. The van der Waals surface area contributed by atoms with Gasteiger partial charge in [0.05, 0.1) is 12.3 Å². The molecule has 2 heterocycles. The number of fused-ring (bicyclic) bond motifs is 1. The number of alkyl halides is 3. The molecule has 0 saturated heterocycles. The number of nitrogens with zero attached hydrogens (tertiary/aromatic N) is 3. The van der Waals surface area contributed by atoms with Crippen LogP contribution in [0.2, 0.25) is 0 Å². The van der Waals surface area contributed by atoms with Gasteiger partial charge >= 0.3 is 12.1 Å². The minimum atomic E-state index is -4.83. The molecule has 0 unspecified atom stereocenters. The molecule has 0 fully saturated rings. The van der Waals surface area contributed by atoms with E-state index in [4.69, 9.17) is 9.47 Å². The number of carbonyl (C=O) groups excluding carboxylic acids is 2. The second-order valence-corrected chi connectivity index (χ2v) is 7.36. The molecule has 0 saturated carbocycles. The fourth-order valence-corrected chi connectivity index (χ4v) is 3.28. The minimum absolute atomic E-state index is 0.0306. The fraction of sp³-hybridized carbons (Fsp3) is 0.429. The molecule has 8 nitrogen and oxygen atoms in total. The van der Waals surface area contributed by atoms with Gasteiger partial charge in [-0.3, -0.25) is 24.0 Å². The first-order chi connectivity index (χ1) is 15.5. The Bertz CT molecular complexity index is 1130. The van der Waals surface area contributed by atoms with E-state index in [2.05, 4.69) is 5.10 Å². The van der Waals surface area contributed by atoms with Crippen LogP contribution >= 0.6 is 0 Å². The van der Waals surface area contributed by atoms with Crippen LogP contribution in [0.25, 0.3) is 11.3 Å². The van der Waals surface area contributed by atoms with Crippen molar-refractivity contribution < 1.29 is 36.6 Å². The van der Waals surface area contributed by atoms with Crippen molar-refractivity contribution in [3.05, 3.63) is 39.9 Å². The number of hydrogen-bond donors (Lipinski definition) is 0. The Morgan fingerprint density at radius 2 is 1.94 bits per heavy atom. The van der Waals surface area contributed by atoms with Gasteiger partial charge < -0.3 is 9.47 Å². The topological polar surface area (TPSA) is 90.7 Å². The van der Waals surface area contributed by atoms with Crippen LogP contribution in [0.5, 0.6) is 5.75 Å². The van der Waals surface area contributed by atoms with E-state index in [0.717, 1.165) is 36.9 Å². The zero-order valence-electron chi connectivity index (χ0n) is 17.9. The molecule has 2 aromatic rings. The minimum Gasteiger partial charge on any atom is -0.481 e. The van der Waals surface area contributed by atoms with Gasteiger partial charge in [0, 0.05) is 24.7 Å². The Balaban J connectivity index is 1.97. The summed E-state index contributed by atoms with van der Waals surface area (Å²) in [7, 11) is 0.968. The van der Waals surface area contributed by atoms with E-state index >= 15 is 0 Å². The SMILES string of the molecule is CCCCCOC(=O)CN1C(=O)COc2cc(F)c(-c3nn(C)c(C(F)(F)F)cc3=O)cc21. The maximum absolute atomic E-state index is 14.7. The molecule has 1 aliphatic heterocycles. The van der Waals surface area contributed by atoms with Gasteiger partial charge in [-0.15, -0.1) is 0 Å². The summed E-state index contributed by atoms with van der Waals surface area (Å²) in [6.45, 7) is 1.24. The van der Waals surface area contributed by atoms with Gasteiger partial charge in [0.2, 0.25) is 5.43 Å². The largest absolute Gasteiger partial charge is 0.481 e. The number of rotatable bonds is 7. The number of aryl methyl sites for hydroxylation is 1. The van der Waals surface area contributed by atoms with E-state index in [0.29, 0.717) is 17.2 Å². The van der Waals surface area contributed by atoms with E-state index < -0.39 is 59.4 Å². The zero-order chi connectivity index (χ0) is 24.3. The number of amides is 1. The Morgan fingerprint density at radius 1 is 1.21 bits per heavy atom. The number of esters is 1.